The molecule has 6 aromatic rings. The predicted molar refractivity (Wildman–Crippen MR) is 133 cm³/mol. The molecule has 1 aliphatic heterocycles. The quantitative estimate of drug-likeness (QED) is 0.315. The van der Waals surface area contributed by atoms with Crippen LogP contribution >= 0.6 is 0 Å². The van der Waals surface area contributed by atoms with Gasteiger partial charge in [-0.2, -0.15) is 0 Å². The van der Waals surface area contributed by atoms with Crippen LogP contribution in [0.1, 0.15) is 22.6 Å². The molecule has 0 unspecified atom stereocenters. The van der Waals surface area contributed by atoms with Gasteiger partial charge in [0.2, 0.25) is 11.7 Å². The zero-order valence-corrected chi connectivity index (χ0v) is 19.5. The Hall–Kier alpha value is -4.85. The molecule has 4 heterocycles. The van der Waals surface area contributed by atoms with Crippen molar-refractivity contribution >= 4 is 16.4 Å². The molecule has 0 fully saturated rings. The highest BCUT2D eigenvalue weighted by atomic mass is 16.5. The fourth-order valence-electron chi connectivity index (χ4n) is 4.98. The zero-order chi connectivity index (χ0) is 24.2. The highest BCUT2D eigenvalue weighted by molar-refractivity contribution is 5.91. The van der Waals surface area contributed by atoms with Crippen LogP contribution in [0.3, 0.4) is 0 Å². The summed E-state index contributed by atoms with van der Waals surface area (Å²) in [5, 5.41) is 6.83. The first-order valence-electron chi connectivity index (χ1n) is 11.5. The maximum atomic E-state index is 6.38. The van der Waals surface area contributed by atoms with Gasteiger partial charge in [0.15, 0.2) is 22.9 Å². The fourth-order valence-corrected chi connectivity index (χ4v) is 4.98. The summed E-state index contributed by atoms with van der Waals surface area (Å²) in [4.78, 5) is 9.48. The molecule has 0 spiro atoms. The van der Waals surface area contributed by atoms with Crippen molar-refractivity contribution in [1.29, 1.82) is 0 Å². The number of ether oxygens (including phenoxy) is 3. The van der Waals surface area contributed by atoms with Gasteiger partial charge in [-0.1, -0.05) is 36.4 Å². The number of nitrogens with zero attached hydrogens (tertiary/aromatic N) is 4. The molecule has 0 saturated heterocycles. The van der Waals surface area contributed by atoms with Crippen LogP contribution in [0.4, 0.5) is 0 Å². The minimum absolute atomic E-state index is 0.250. The van der Waals surface area contributed by atoms with Gasteiger partial charge in [0, 0.05) is 11.5 Å². The Labute approximate surface area is 205 Å². The van der Waals surface area contributed by atoms with Crippen LogP contribution in [0.2, 0.25) is 0 Å². The highest BCUT2D eigenvalue weighted by Crippen LogP contribution is 2.51. The lowest BCUT2D eigenvalue weighted by Crippen LogP contribution is -2.15. The molecular formula is C28H20N4O4. The first-order chi connectivity index (χ1) is 17.7. The summed E-state index contributed by atoms with van der Waals surface area (Å²) >= 11 is 0. The SMILES string of the molecule is COc1ccc([C@H]2c3c(ccc4ccccc34)Oc3ncn4nc(-c5ccco5)nc4c32)cc1OC. The molecule has 0 bridgehead atoms. The number of aromatic nitrogens is 4. The van der Waals surface area contributed by atoms with Crippen LogP contribution < -0.4 is 14.2 Å². The molecule has 0 amide bonds. The molecule has 1 atom stereocenters. The van der Waals surface area contributed by atoms with Gasteiger partial charge in [-0.25, -0.2) is 14.5 Å². The Morgan fingerprint density at radius 3 is 2.61 bits per heavy atom. The van der Waals surface area contributed by atoms with Crippen LogP contribution in [0.15, 0.2) is 83.7 Å². The third kappa shape index (κ3) is 2.97. The molecule has 8 nitrogen and oxygen atoms in total. The molecule has 176 valence electrons. The summed E-state index contributed by atoms with van der Waals surface area (Å²) in [5.41, 5.74) is 3.49. The van der Waals surface area contributed by atoms with Crippen molar-refractivity contribution in [2.24, 2.45) is 0 Å². The molecule has 3 aromatic heterocycles. The lowest BCUT2D eigenvalue weighted by Gasteiger charge is -2.29. The number of hydrogen-bond donors (Lipinski definition) is 0. The number of methoxy groups -OCH3 is 2. The van der Waals surface area contributed by atoms with Crippen LogP contribution in [-0.2, 0) is 0 Å². The van der Waals surface area contributed by atoms with Gasteiger partial charge in [0.1, 0.15) is 12.1 Å². The number of fused-ring (bicyclic) bond motifs is 6. The standard InChI is InChI=1S/C28H20N4O4/c1-33-19-11-10-17(14-22(19)34-2)23-24-18-7-4-3-6-16(18)9-12-20(24)36-28-25(23)27-30-26(21-8-5-13-35-21)31-32(27)15-29-28/h3-15,23H,1-2H3/t23-/m0/s1. The monoisotopic (exact) mass is 476 g/mol. The number of benzene rings is 3. The number of rotatable bonds is 4. The van der Waals surface area contributed by atoms with Gasteiger partial charge in [0.25, 0.3) is 0 Å². The summed E-state index contributed by atoms with van der Waals surface area (Å²) in [5.74, 6) is 3.35. The summed E-state index contributed by atoms with van der Waals surface area (Å²) in [6.45, 7) is 0. The lowest BCUT2D eigenvalue weighted by molar-refractivity contribution is 0.354. The minimum atomic E-state index is -0.250. The molecule has 0 aliphatic carbocycles. The molecule has 0 saturated carbocycles. The number of hydrogen-bond acceptors (Lipinski definition) is 7. The van der Waals surface area contributed by atoms with Gasteiger partial charge in [-0.05, 0) is 46.7 Å². The van der Waals surface area contributed by atoms with Gasteiger partial charge in [-0.15, -0.1) is 5.10 Å². The van der Waals surface area contributed by atoms with Crippen molar-refractivity contribution in [2.75, 3.05) is 14.2 Å². The predicted octanol–water partition coefficient (Wildman–Crippen LogP) is 5.84. The maximum Gasteiger partial charge on any atom is 0.228 e. The van der Waals surface area contributed by atoms with E-state index in [0.717, 1.165) is 33.2 Å². The van der Waals surface area contributed by atoms with E-state index in [0.29, 0.717) is 34.6 Å². The summed E-state index contributed by atoms with van der Waals surface area (Å²) in [6, 6.07) is 21.9. The topological polar surface area (TPSA) is 83.9 Å². The Balaban J connectivity index is 1.55. The average Bonchev–Trinajstić information content (AvgIpc) is 3.61. The Morgan fingerprint density at radius 1 is 0.889 bits per heavy atom. The van der Waals surface area contributed by atoms with Crippen molar-refractivity contribution in [3.05, 3.63) is 96.0 Å². The molecule has 0 N–H and O–H groups in total. The molecular weight excluding hydrogens is 456 g/mol. The number of furan rings is 1. The van der Waals surface area contributed by atoms with E-state index in [9.17, 15) is 0 Å². The Morgan fingerprint density at radius 2 is 1.78 bits per heavy atom. The van der Waals surface area contributed by atoms with Crippen molar-refractivity contribution in [3.8, 4) is 34.7 Å². The van der Waals surface area contributed by atoms with Crippen molar-refractivity contribution in [2.45, 2.75) is 5.92 Å². The van der Waals surface area contributed by atoms with E-state index in [1.165, 1.54) is 0 Å². The van der Waals surface area contributed by atoms with E-state index in [-0.39, 0.29) is 5.92 Å². The molecule has 36 heavy (non-hydrogen) atoms. The Kier molecular flexibility index (Phi) is 4.47. The molecule has 8 heteroatoms. The lowest BCUT2D eigenvalue weighted by atomic mass is 9.81. The van der Waals surface area contributed by atoms with Gasteiger partial charge >= 0.3 is 0 Å². The van der Waals surface area contributed by atoms with E-state index >= 15 is 0 Å². The van der Waals surface area contributed by atoms with Crippen LogP contribution in [0.5, 0.6) is 23.1 Å². The first-order valence-corrected chi connectivity index (χ1v) is 11.5. The van der Waals surface area contributed by atoms with Gasteiger partial charge < -0.3 is 18.6 Å². The van der Waals surface area contributed by atoms with E-state index in [1.54, 1.807) is 31.3 Å². The van der Waals surface area contributed by atoms with E-state index in [4.69, 9.17) is 23.6 Å². The van der Waals surface area contributed by atoms with E-state index in [1.807, 2.05) is 48.5 Å². The van der Waals surface area contributed by atoms with E-state index < -0.39 is 0 Å². The first kappa shape index (κ1) is 20.5. The van der Waals surface area contributed by atoms with Crippen molar-refractivity contribution in [3.63, 3.8) is 0 Å². The fraction of sp³-hybridized carbons (Fsp3) is 0.107. The molecule has 0 radical (unpaired) electrons. The molecule has 1 aliphatic rings. The van der Waals surface area contributed by atoms with Crippen LogP contribution in [0, 0.1) is 0 Å². The largest absolute Gasteiger partial charge is 0.493 e. The van der Waals surface area contributed by atoms with Crippen LogP contribution in [-0.4, -0.2) is 33.8 Å². The average molecular weight is 476 g/mol. The van der Waals surface area contributed by atoms with Crippen molar-refractivity contribution < 1.29 is 18.6 Å². The van der Waals surface area contributed by atoms with Gasteiger partial charge in [0.05, 0.1) is 26.0 Å². The highest BCUT2D eigenvalue weighted by Gasteiger charge is 2.35. The maximum absolute atomic E-state index is 6.38. The molecule has 7 rings (SSSR count). The van der Waals surface area contributed by atoms with Crippen LogP contribution in [0.25, 0.3) is 28.0 Å². The second-order valence-corrected chi connectivity index (χ2v) is 8.49. The van der Waals surface area contributed by atoms with Gasteiger partial charge in [-0.3, -0.25) is 0 Å². The third-order valence-corrected chi connectivity index (χ3v) is 6.58. The second kappa shape index (κ2) is 7.84. The van der Waals surface area contributed by atoms with Crippen molar-refractivity contribution in [1.82, 2.24) is 19.6 Å². The smallest absolute Gasteiger partial charge is 0.228 e. The minimum Gasteiger partial charge on any atom is -0.493 e. The zero-order valence-electron chi connectivity index (χ0n) is 19.5. The van der Waals surface area contributed by atoms with E-state index in [2.05, 4.69) is 28.3 Å². The summed E-state index contributed by atoms with van der Waals surface area (Å²) < 4.78 is 24.8. The second-order valence-electron chi connectivity index (χ2n) is 8.49. The third-order valence-electron chi connectivity index (χ3n) is 6.58. The normalized spacial score (nSPS) is 14.3. The summed E-state index contributed by atoms with van der Waals surface area (Å²) in [7, 11) is 3.26. The molecule has 3 aromatic carbocycles. The summed E-state index contributed by atoms with van der Waals surface area (Å²) in [6.07, 6.45) is 3.22. The Bertz CT molecular complexity index is 1760.